The SMILES string of the molecule is CC1=C(c2ccc([C@H](C)NC(O)C3CCCN3C(=O)[C@@H](N)C(C)(C)C)cc2)CCN1. The van der Waals surface area contributed by atoms with Crippen LogP contribution in [-0.2, 0) is 4.79 Å². The van der Waals surface area contributed by atoms with Crippen LogP contribution in [0.25, 0.3) is 5.57 Å². The Morgan fingerprint density at radius 2 is 1.97 bits per heavy atom. The van der Waals surface area contributed by atoms with Crippen molar-refractivity contribution in [1.29, 1.82) is 0 Å². The van der Waals surface area contributed by atoms with Gasteiger partial charge in [-0.05, 0) is 55.2 Å². The molecule has 2 unspecified atom stereocenters. The normalized spacial score (nSPS) is 22.8. The summed E-state index contributed by atoms with van der Waals surface area (Å²) in [6, 6.07) is 7.69. The highest BCUT2D eigenvalue weighted by Gasteiger charge is 2.39. The topological polar surface area (TPSA) is 90.6 Å². The predicted octanol–water partition coefficient (Wildman–Crippen LogP) is 2.74. The quantitative estimate of drug-likeness (QED) is 0.538. The van der Waals surface area contributed by atoms with Gasteiger partial charge in [0, 0.05) is 24.8 Å². The number of hydrogen-bond donors (Lipinski definition) is 4. The maximum Gasteiger partial charge on any atom is 0.240 e. The van der Waals surface area contributed by atoms with E-state index >= 15 is 0 Å². The van der Waals surface area contributed by atoms with E-state index in [-0.39, 0.29) is 23.4 Å². The lowest BCUT2D eigenvalue weighted by Crippen LogP contribution is -2.56. The molecule has 1 aromatic carbocycles. The van der Waals surface area contributed by atoms with Crippen LogP contribution in [0.1, 0.15) is 71.0 Å². The second-order valence-corrected chi connectivity index (χ2v) is 9.82. The number of allylic oxidation sites excluding steroid dienone is 1. The Bertz CT molecular complexity index is 781. The number of nitrogens with zero attached hydrogens (tertiary/aromatic N) is 1. The first-order valence-corrected chi connectivity index (χ1v) is 11.1. The summed E-state index contributed by atoms with van der Waals surface area (Å²) in [6.45, 7) is 11.7. The van der Waals surface area contributed by atoms with Crippen LogP contribution in [0.5, 0.6) is 0 Å². The summed E-state index contributed by atoms with van der Waals surface area (Å²) < 4.78 is 0. The molecule has 3 rings (SSSR count). The fraction of sp³-hybridized carbons (Fsp3) is 0.625. The first-order chi connectivity index (χ1) is 14.1. The molecule has 1 fully saturated rings. The molecule has 6 heteroatoms. The van der Waals surface area contributed by atoms with Crippen LogP contribution < -0.4 is 16.4 Å². The Kier molecular flexibility index (Phi) is 6.90. The Labute approximate surface area is 180 Å². The first kappa shape index (κ1) is 22.8. The number of aliphatic hydroxyl groups is 1. The van der Waals surface area contributed by atoms with Crippen molar-refractivity contribution in [3.05, 3.63) is 41.1 Å². The molecule has 2 aliphatic rings. The molecule has 5 N–H and O–H groups in total. The van der Waals surface area contributed by atoms with E-state index in [1.807, 2.05) is 27.7 Å². The number of rotatable bonds is 6. The van der Waals surface area contributed by atoms with Crippen LogP contribution in [0, 0.1) is 5.41 Å². The Balaban J connectivity index is 1.64. The predicted molar refractivity (Wildman–Crippen MR) is 121 cm³/mol. The minimum Gasteiger partial charge on any atom is -0.388 e. The maximum atomic E-state index is 12.9. The van der Waals surface area contributed by atoms with Crippen molar-refractivity contribution < 1.29 is 9.90 Å². The van der Waals surface area contributed by atoms with Gasteiger partial charge in [0.25, 0.3) is 0 Å². The van der Waals surface area contributed by atoms with Gasteiger partial charge in [0.1, 0.15) is 6.23 Å². The number of amides is 1. The van der Waals surface area contributed by atoms with Gasteiger partial charge in [-0.3, -0.25) is 10.1 Å². The Hall–Kier alpha value is -1.89. The van der Waals surface area contributed by atoms with Gasteiger partial charge in [-0.1, -0.05) is 45.0 Å². The van der Waals surface area contributed by atoms with Gasteiger partial charge in [0.15, 0.2) is 0 Å². The lowest BCUT2D eigenvalue weighted by Gasteiger charge is -2.35. The fourth-order valence-corrected chi connectivity index (χ4v) is 4.41. The summed E-state index contributed by atoms with van der Waals surface area (Å²) in [5.74, 6) is -0.0725. The number of likely N-dealkylation sites (tertiary alicyclic amines) is 1. The molecule has 1 aromatic rings. The highest BCUT2D eigenvalue weighted by Crippen LogP contribution is 2.28. The number of benzene rings is 1. The molecule has 0 saturated carbocycles. The lowest BCUT2D eigenvalue weighted by atomic mass is 9.86. The van der Waals surface area contributed by atoms with Crippen LogP contribution >= 0.6 is 0 Å². The number of carbonyl (C=O) groups is 1. The third-order valence-corrected chi connectivity index (χ3v) is 6.54. The minimum atomic E-state index is -0.790. The molecular weight excluding hydrogens is 376 g/mol. The molecule has 1 saturated heterocycles. The third kappa shape index (κ3) is 4.88. The van der Waals surface area contributed by atoms with Gasteiger partial charge in [-0.25, -0.2) is 0 Å². The standard InChI is InChI=1S/C24H38N4O2/c1-15(17-8-10-18(11-9-17)19-12-13-26-16(19)2)27-22(29)20-7-6-14-28(20)23(30)21(25)24(3,4)5/h8-11,15,20-22,26-27,29H,6-7,12-14,25H2,1-5H3/t15-,20?,21+,22?/m0/s1. The molecule has 30 heavy (non-hydrogen) atoms. The average molecular weight is 415 g/mol. The van der Waals surface area contributed by atoms with Gasteiger partial charge in [-0.15, -0.1) is 0 Å². The second-order valence-electron chi connectivity index (χ2n) is 9.82. The van der Waals surface area contributed by atoms with E-state index in [9.17, 15) is 9.90 Å². The number of aliphatic hydroxyl groups excluding tert-OH is 1. The van der Waals surface area contributed by atoms with Gasteiger partial charge in [0.05, 0.1) is 12.1 Å². The molecule has 2 heterocycles. The smallest absolute Gasteiger partial charge is 0.240 e. The summed E-state index contributed by atoms with van der Waals surface area (Å²) in [4.78, 5) is 14.7. The summed E-state index contributed by atoms with van der Waals surface area (Å²) >= 11 is 0. The van der Waals surface area contributed by atoms with Gasteiger partial charge in [0.2, 0.25) is 5.91 Å². The van der Waals surface area contributed by atoms with E-state index in [4.69, 9.17) is 5.73 Å². The zero-order valence-electron chi connectivity index (χ0n) is 19.0. The van der Waals surface area contributed by atoms with Crippen molar-refractivity contribution in [3.63, 3.8) is 0 Å². The van der Waals surface area contributed by atoms with Crippen molar-refractivity contribution in [2.45, 2.75) is 78.2 Å². The lowest BCUT2D eigenvalue weighted by molar-refractivity contribution is -0.138. The minimum absolute atomic E-state index is 0.0281. The summed E-state index contributed by atoms with van der Waals surface area (Å²) in [5.41, 5.74) is 10.9. The van der Waals surface area contributed by atoms with Crippen LogP contribution in [0.4, 0.5) is 0 Å². The van der Waals surface area contributed by atoms with E-state index in [1.54, 1.807) is 4.90 Å². The number of nitrogens with one attached hydrogen (secondary N) is 2. The third-order valence-electron chi connectivity index (χ3n) is 6.54. The molecule has 0 bridgehead atoms. The highest BCUT2D eigenvalue weighted by atomic mass is 16.3. The van der Waals surface area contributed by atoms with E-state index in [0.29, 0.717) is 6.54 Å². The number of hydrogen-bond acceptors (Lipinski definition) is 5. The molecule has 0 aliphatic carbocycles. The van der Waals surface area contributed by atoms with E-state index in [2.05, 4.69) is 41.8 Å². The first-order valence-electron chi connectivity index (χ1n) is 11.1. The largest absolute Gasteiger partial charge is 0.388 e. The molecule has 0 aromatic heterocycles. The van der Waals surface area contributed by atoms with Gasteiger partial charge < -0.3 is 21.1 Å². The highest BCUT2D eigenvalue weighted by molar-refractivity contribution is 5.83. The fourth-order valence-electron chi connectivity index (χ4n) is 4.41. The molecule has 166 valence electrons. The second kappa shape index (κ2) is 9.08. The Morgan fingerprint density at radius 3 is 2.53 bits per heavy atom. The molecule has 0 spiro atoms. The summed E-state index contributed by atoms with van der Waals surface area (Å²) in [5, 5.41) is 17.6. The molecular formula is C24H38N4O2. The molecule has 2 aliphatic heterocycles. The maximum absolute atomic E-state index is 12.9. The van der Waals surface area contributed by atoms with Crippen molar-refractivity contribution >= 4 is 11.5 Å². The van der Waals surface area contributed by atoms with Crippen molar-refractivity contribution in [1.82, 2.24) is 15.5 Å². The van der Waals surface area contributed by atoms with Crippen molar-refractivity contribution in [3.8, 4) is 0 Å². The molecule has 6 nitrogen and oxygen atoms in total. The number of nitrogens with two attached hydrogens (primary N) is 1. The van der Waals surface area contributed by atoms with Crippen LogP contribution in [0.2, 0.25) is 0 Å². The zero-order chi connectivity index (χ0) is 22.1. The van der Waals surface area contributed by atoms with Crippen molar-refractivity contribution in [2.75, 3.05) is 13.1 Å². The van der Waals surface area contributed by atoms with E-state index in [0.717, 1.165) is 31.4 Å². The summed E-state index contributed by atoms with van der Waals surface area (Å²) in [7, 11) is 0. The van der Waals surface area contributed by atoms with E-state index < -0.39 is 12.3 Å². The van der Waals surface area contributed by atoms with Gasteiger partial charge >= 0.3 is 0 Å². The number of carbonyl (C=O) groups excluding carboxylic acids is 1. The van der Waals surface area contributed by atoms with Gasteiger partial charge in [-0.2, -0.15) is 0 Å². The Morgan fingerprint density at radius 1 is 1.30 bits per heavy atom. The molecule has 4 atom stereocenters. The van der Waals surface area contributed by atoms with E-state index in [1.165, 1.54) is 16.8 Å². The van der Waals surface area contributed by atoms with Crippen LogP contribution in [0.15, 0.2) is 30.0 Å². The van der Waals surface area contributed by atoms with Crippen molar-refractivity contribution in [2.24, 2.45) is 11.1 Å². The summed E-state index contributed by atoms with van der Waals surface area (Å²) in [6.07, 6.45) is 1.93. The molecule has 0 radical (unpaired) electrons. The monoisotopic (exact) mass is 414 g/mol. The average Bonchev–Trinajstić information content (AvgIpc) is 3.35. The van der Waals surface area contributed by atoms with Crippen LogP contribution in [-0.4, -0.2) is 47.3 Å². The molecule has 1 amide bonds. The zero-order valence-corrected chi connectivity index (χ0v) is 19.0. The van der Waals surface area contributed by atoms with Crippen LogP contribution in [0.3, 0.4) is 0 Å².